The Hall–Kier alpha value is -1.50. The number of piperidine rings is 1. The lowest BCUT2D eigenvalue weighted by Crippen LogP contribution is -2.36. The maximum atomic E-state index is 12.6. The molecule has 0 radical (unpaired) electrons. The first kappa shape index (κ1) is 15.1. The lowest BCUT2D eigenvalue weighted by molar-refractivity contribution is 0.264. The van der Waals surface area contributed by atoms with Crippen LogP contribution in [-0.4, -0.2) is 40.3 Å². The van der Waals surface area contributed by atoms with Gasteiger partial charge in [-0.2, -0.15) is 0 Å². The molecule has 2 aliphatic heterocycles. The van der Waals surface area contributed by atoms with Gasteiger partial charge in [-0.1, -0.05) is 12.1 Å². The zero-order valence-electron chi connectivity index (χ0n) is 13.0. The molecular weight excluding hydrogens is 326 g/mol. The van der Waals surface area contributed by atoms with Crippen molar-refractivity contribution in [3.63, 3.8) is 0 Å². The van der Waals surface area contributed by atoms with E-state index >= 15 is 0 Å². The predicted octanol–water partition coefficient (Wildman–Crippen LogP) is 3.16. The van der Waals surface area contributed by atoms with E-state index in [1.165, 1.54) is 0 Å². The summed E-state index contributed by atoms with van der Waals surface area (Å²) in [5.41, 5.74) is 5.78. The fraction of sp³-hybridized carbons (Fsp3) is 0.353. The van der Waals surface area contributed by atoms with Crippen molar-refractivity contribution in [2.75, 3.05) is 25.5 Å². The summed E-state index contributed by atoms with van der Waals surface area (Å²) in [5.74, 6) is 0. The van der Waals surface area contributed by atoms with Crippen LogP contribution in [0.1, 0.15) is 24.1 Å². The first-order chi connectivity index (χ1) is 11.2. The summed E-state index contributed by atoms with van der Waals surface area (Å²) < 4.78 is 12.6. The summed E-state index contributed by atoms with van der Waals surface area (Å²) in [5, 5.41) is 7.47. The van der Waals surface area contributed by atoms with Crippen LogP contribution < -0.4 is 5.32 Å². The highest BCUT2D eigenvalue weighted by Crippen LogP contribution is 2.39. The maximum Gasteiger partial charge on any atom is 0.0823 e. The van der Waals surface area contributed by atoms with E-state index in [0.717, 1.165) is 53.3 Å². The Balaban J connectivity index is 1.64. The van der Waals surface area contributed by atoms with Crippen LogP contribution in [0.5, 0.6) is 0 Å². The zero-order valence-corrected chi connectivity index (χ0v) is 14.6. The Morgan fingerprint density at radius 2 is 2.17 bits per heavy atom. The predicted molar refractivity (Wildman–Crippen MR) is 96.2 cm³/mol. The number of anilines is 1. The summed E-state index contributed by atoms with van der Waals surface area (Å²) in [6, 6.07) is 6.59. The lowest BCUT2D eigenvalue weighted by atomic mass is 10.0. The SMILES string of the molecule is CN1CCC(Nc2cccc3c2S(=O)C=C3c2cscn2)CC1. The molecule has 1 aromatic heterocycles. The minimum atomic E-state index is -1.11. The van der Waals surface area contributed by atoms with E-state index in [1.54, 1.807) is 11.3 Å². The summed E-state index contributed by atoms with van der Waals surface area (Å²) in [7, 11) is 1.06. The molecule has 3 heterocycles. The van der Waals surface area contributed by atoms with Gasteiger partial charge in [0.05, 0.1) is 32.6 Å². The summed E-state index contributed by atoms with van der Waals surface area (Å²) in [6.07, 6.45) is 2.25. The zero-order chi connectivity index (χ0) is 15.8. The van der Waals surface area contributed by atoms with E-state index in [9.17, 15) is 4.21 Å². The fourth-order valence-electron chi connectivity index (χ4n) is 3.23. The maximum absolute atomic E-state index is 12.6. The summed E-state index contributed by atoms with van der Waals surface area (Å²) >= 11 is 1.56. The topological polar surface area (TPSA) is 45.2 Å². The van der Waals surface area contributed by atoms with Gasteiger partial charge in [-0.25, -0.2) is 9.19 Å². The molecule has 120 valence electrons. The van der Waals surface area contributed by atoms with Gasteiger partial charge in [0.25, 0.3) is 0 Å². The van der Waals surface area contributed by atoms with Crippen molar-refractivity contribution in [2.24, 2.45) is 0 Å². The molecule has 1 unspecified atom stereocenters. The second-order valence-electron chi connectivity index (χ2n) is 6.11. The number of likely N-dealkylation sites (tertiary alicyclic amines) is 1. The second kappa shape index (κ2) is 6.19. The number of hydrogen-bond donors (Lipinski definition) is 1. The number of fused-ring (bicyclic) bond motifs is 1. The normalized spacial score (nSPS) is 22.0. The third kappa shape index (κ3) is 2.86. The molecule has 4 rings (SSSR count). The molecule has 23 heavy (non-hydrogen) atoms. The molecule has 1 fully saturated rings. The van der Waals surface area contributed by atoms with Crippen molar-refractivity contribution in [3.8, 4) is 0 Å². The second-order valence-corrected chi connectivity index (χ2v) is 8.06. The monoisotopic (exact) mass is 345 g/mol. The van der Waals surface area contributed by atoms with E-state index in [2.05, 4.69) is 22.2 Å². The largest absolute Gasteiger partial charge is 0.381 e. The van der Waals surface area contributed by atoms with Gasteiger partial charge < -0.3 is 10.2 Å². The van der Waals surface area contributed by atoms with E-state index < -0.39 is 10.8 Å². The van der Waals surface area contributed by atoms with Crippen LogP contribution in [0.4, 0.5) is 5.69 Å². The number of rotatable bonds is 3. The molecule has 0 spiro atoms. The van der Waals surface area contributed by atoms with Gasteiger partial charge in [-0.15, -0.1) is 11.3 Å². The minimum absolute atomic E-state index is 0.457. The van der Waals surface area contributed by atoms with Gasteiger partial charge in [-0.05, 0) is 39.0 Å². The average molecular weight is 345 g/mol. The van der Waals surface area contributed by atoms with E-state index in [-0.39, 0.29) is 0 Å². The van der Waals surface area contributed by atoms with Crippen molar-refractivity contribution in [1.29, 1.82) is 0 Å². The molecule has 1 aromatic carbocycles. The number of benzene rings is 1. The van der Waals surface area contributed by atoms with Gasteiger partial charge in [0.15, 0.2) is 0 Å². The van der Waals surface area contributed by atoms with Crippen molar-refractivity contribution >= 4 is 33.4 Å². The van der Waals surface area contributed by atoms with E-state index in [0.29, 0.717) is 6.04 Å². The van der Waals surface area contributed by atoms with Gasteiger partial charge in [0.2, 0.25) is 0 Å². The summed E-state index contributed by atoms with van der Waals surface area (Å²) in [6.45, 7) is 2.22. The molecule has 0 amide bonds. The van der Waals surface area contributed by atoms with Crippen LogP contribution in [0.15, 0.2) is 39.4 Å². The van der Waals surface area contributed by atoms with Crippen molar-refractivity contribution in [1.82, 2.24) is 9.88 Å². The molecule has 0 bridgehead atoms. The number of hydrogen-bond acceptors (Lipinski definition) is 5. The van der Waals surface area contributed by atoms with Crippen molar-refractivity contribution in [2.45, 2.75) is 23.8 Å². The van der Waals surface area contributed by atoms with Crippen molar-refractivity contribution < 1.29 is 4.21 Å². The van der Waals surface area contributed by atoms with Crippen LogP contribution in [0.2, 0.25) is 0 Å². The molecule has 6 heteroatoms. The highest BCUT2D eigenvalue weighted by Gasteiger charge is 2.26. The molecule has 0 saturated carbocycles. The third-order valence-corrected chi connectivity index (χ3v) is 6.40. The molecule has 1 saturated heterocycles. The van der Waals surface area contributed by atoms with E-state index in [1.807, 2.05) is 34.5 Å². The quantitative estimate of drug-likeness (QED) is 0.928. The van der Waals surface area contributed by atoms with Gasteiger partial charge in [-0.3, -0.25) is 0 Å². The summed E-state index contributed by atoms with van der Waals surface area (Å²) in [4.78, 5) is 7.64. The van der Waals surface area contributed by atoms with Crippen LogP contribution in [0.25, 0.3) is 5.57 Å². The average Bonchev–Trinajstić information content (AvgIpc) is 3.18. The highest BCUT2D eigenvalue weighted by molar-refractivity contribution is 7.88. The molecule has 2 aromatic rings. The fourth-order valence-corrected chi connectivity index (χ4v) is 5.10. The van der Waals surface area contributed by atoms with Gasteiger partial charge in [0.1, 0.15) is 0 Å². The van der Waals surface area contributed by atoms with Crippen LogP contribution >= 0.6 is 11.3 Å². The number of nitrogens with zero attached hydrogens (tertiary/aromatic N) is 2. The van der Waals surface area contributed by atoms with Crippen LogP contribution in [-0.2, 0) is 10.8 Å². The Bertz CT molecular complexity index is 762. The van der Waals surface area contributed by atoms with Gasteiger partial charge >= 0.3 is 0 Å². The first-order valence-corrected chi connectivity index (χ1v) is 9.97. The smallest absolute Gasteiger partial charge is 0.0823 e. The molecular formula is C17H19N3OS2. The Morgan fingerprint density at radius 3 is 2.91 bits per heavy atom. The van der Waals surface area contributed by atoms with E-state index in [4.69, 9.17) is 0 Å². The molecule has 0 aliphatic carbocycles. The Kier molecular flexibility index (Phi) is 4.05. The standard InChI is InChI=1S/C17H19N3OS2/c1-20-7-5-12(6-8-20)19-15-4-2-3-13-14(10-23(21)17(13)15)16-9-22-11-18-16/h2-4,9-12,19H,5-8H2,1H3. The molecule has 2 aliphatic rings. The van der Waals surface area contributed by atoms with Crippen LogP contribution in [0, 0.1) is 0 Å². The Labute approximate surface area is 142 Å². The number of thiazole rings is 1. The minimum Gasteiger partial charge on any atom is -0.381 e. The lowest BCUT2D eigenvalue weighted by Gasteiger charge is -2.30. The van der Waals surface area contributed by atoms with Crippen LogP contribution in [0.3, 0.4) is 0 Å². The number of aromatic nitrogens is 1. The number of nitrogens with one attached hydrogen (secondary N) is 1. The molecule has 1 atom stereocenters. The highest BCUT2D eigenvalue weighted by atomic mass is 32.2. The molecule has 4 nitrogen and oxygen atoms in total. The third-order valence-electron chi connectivity index (χ3n) is 4.52. The first-order valence-electron chi connectivity index (χ1n) is 7.82. The molecule has 1 N–H and O–H groups in total. The van der Waals surface area contributed by atoms with Gasteiger partial charge in [0, 0.05) is 28.0 Å². The van der Waals surface area contributed by atoms with Crippen molar-refractivity contribution in [3.05, 3.63) is 45.8 Å². The Morgan fingerprint density at radius 1 is 1.35 bits per heavy atom.